The van der Waals surface area contributed by atoms with Gasteiger partial charge in [-0.25, -0.2) is 4.79 Å². The van der Waals surface area contributed by atoms with Crippen molar-refractivity contribution in [3.8, 4) is 0 Å². The molecular formula is C15H17ClN2O3. The highest BCUT2D eigenvalue weighted by molar-refractivity contribution is 6.30. The monoisotopic (exact) mass is 308 g/mol. The number of hydrogen-bond acceptors (Lipinski definition) is 2. The highest BCUT2D eigenvalue weighted by Crippen LogP contribution is 2.48. The number of carboxylic acid groups (broad SMARTS) is 1. The maximum atomic E-state index is 12.0. The predicted molar refractivity (Wildman–Crippen MR) is 79.4 cm³/mol. The minimum Gasteiger partial charge on any atom is -0.481 e. The molecule has 2 aliphatic rings. The van der Waals surface area contributed by atoms with Crippen molar-refractivity contribution in [2.45, 2.75) is 25.3 Å². The van der Waals surface area contributed by atoms with E-state index in [-0.39, 0.29) is 23.9 Å². The molecule has 0 saturated heterocycles. The number of nitrogens with one attached hydrogen (secondary N) is 2. The number of urea groups is 1. The van der Waals surface area contributed by atoms with Gasteiger partial charge in [0.2, 0.25) is 0 Å². The smallest absolute Gasteiger partial charge is 0.319 e. The summed E-state index contributed by atoms with van der Waals surface area (Å²) in [5.41, 5.74) is 0.631. The van der Waals surface area contributed by atoms with Gasteiger partial charge in [0.15, 0.2) is 0 Å². The first-order valence-corrected chi connectivity index (χ1v) is 7.48. The number of aliphatic carboxylic acids is 1. The van der Waals surface area contributed by atoms with Crippen molar-refractivity contribution in [3.05, 3.63) is 29.3 Å². The summed E-state index contributed by atoms with van der Waals surface area (Å²) in [5, 5.41) is 15.5. The van der Waals surface area contributed by atoms with Crippen LogP contribution in [0.3, 0.4) is 0 Å². The molecule has 4 unspecified atom stereocenters. The van der Waals surface area contributed by atoms with Crippen molar-refractivity contribution in [1.29, 1.82) is 0 Å². The third-order valence-electron chi connectivity index (χ3n) is 4.60. The Labute approximate surface area is 127 Å². The molecule has 2 bridgehead atoms. The highest BCUT2D eigenvalue weighted by atomic mass is 35.5. The Morgan fingerprint density at radius 3 is 2.48 bits per heavy atom. The third-order valence-corrected chi connectivity index (χ3v) is 4.85. The van der Waals surface area contributed by atoms with Gasteiger partial charge >= 0.3 is 12.0 Å². The molecule has 2 amide bonds. The Morgan fingerprint density at radius 1 is 1.14 bits per heavy atom. The van der Waals surface area contributed by atoms with Gasteiger partial charge in [-0.2, -0.15) is 0 Å². The lowest BCUT2D eigenvalue weighted by Gasteiger charge is -2.28. The van der Waals surface area contributed by atoms with Gasteiger partial charge in [0.25, 0.3) is 0 Å². The second-order valence-corrected chi connectivity index (χ2v) is 6.26. The van der Waals surface area contributed by atoms with E-state index in [4.69, 9.17) is 11.6 Å². The first kappa shape index (κ1) is 14.2. The Hall–Kier alpha value is -1.75. The largest absolute Gasteiger partial charge is 0.481 e. The minimum atomic E-state index is -0.806. The number of carbonyl (C=O) groups is 2. The zero-order valence-corrected chi connectivity index (χ0v) is 12.1. The van der Waals surface area contributed by atoms with Crippen LogP contribution in [0.15, 0.2) is 24.3 Å². The van der Waals surface area contributed by atoms with Crippen molar-refractivity contribution < 1.29 is 14.7 Å². The fourth-order valence-electron chi connectivity index (χ4n) is 3.71. The van der Waals surface area contributed by atoms with Gasteiger partial charge in [-0.15, -0.1) is 0 Å². The van der Waals surface area contributed by atoms with Gasteiger partial charge in [0.1, 0.15) is 0 Å². The number of halogens is 1. The van der Waals surface area contributed by atoms with Gasteiger partial charge in [-0.3, -0.25) is 4.79 Å². The standard InChI is InChI=1S/C15H17ClN2O3/c16-10-3-5-11(6-4-10)17-15(21)18-13-9-2-1-8(7-9)12(13)14(19)20/h3-6,8-9,12-13H,1-2,7H2,(H,19,20)(H2,17,18,21). The lowest BCUT2D eigenvalue weighted by atomic mass is 9.84. The van der Waals surface area contributed by atoms with E-state index in [1.165, 1.54) is 0 Å². The number of amides is 2. The number of hydrogen-bond donors (Lipinski definition) is 3. The molecule has 0 heterocycles. The molecule has 0 radical (unpaired) electrons. The van der Waals surface area contributed by atoms with Gasteiger partial charge in [-0.05, 0) is 55.4 Å². The molecule has 112 valence electrons. The Balaban J connectivity index is 1.64. The summed E-state index contributed by atoms with van der Waals surface area (Å²) in [7, 11) is 0. The number of carboxylic acids is 1. The molecule has 2 aliphatic carbocycles. The van der Waals surface area contributed by atoms with E-state index < -0.39 is 11.9 Å². The van der Waals surface area contributed by atoms with E-state index in [1.807, 2.05) is 0 Å². The normalized spacial score (nSPS) is 30.1. The number of benzene rings is 1. The molecule has 4 atom stereocenters. The summed E-state index contributed by atoms with van der Waals surface area (Å²) in [6.07, 6.45) is 2.86. The third kappa shape index (κ3) is 2.83. The minimum absolute atomic E-state index is 0.202. The van der Waals surface area contributed by atoms with Crippen LogP contribution in [0.5, 0.6) is 0 Å². The fraction of sp³-hybridized carbons (Fsp3) is 0.467. The maximum Gasteiger partial charge on any atom is 0.319 e. The molecule has 6 heteroatoms. The van der Waals surface area contributed by atoms with Crippen molar-refractivity contribution in [3.63, 3.8) is 0 Å². The molecular weight excluding hydrogens is 292 g/mol. The van der Waals surface area contributed by atoms with Crippen LogP contribution in [0.4, 0.5) is 10.5 Å². The van der Waals surface area contributed by atoms with Crippen LogP contribution in [-0.4, -0.2) is 23.1 Å². The average Bonchev–Trinajstić information content (AvgIpc) is 3.02. The highest BCUT2D eigenvalue weighted by Gasteiger charge is 2.51. The van der Waals surface area contributed by atoms with Crippen LogP contribution in [0.2, 0.25) is 5.02 Å². The van der Waals surface area contributed by atoms with E-state index in [0.29, 0.717) is 10.7 Å². The summed E-state index contributed by atoms with van der Waals surface area (Å²) in [6, 6.07) is 6.16. The summed E-state index contributed by atoms with van der Waals surface area (Å²) in [6.45, 7) is 0. The van der Waals surface area contributed by atoms with Crippen molar-refractivity contribution in [2.75, 3.05) is 5.32 Å². The molecule has 2 fully saturated rings. The van der Waals surface area contributed by atoms with E-state index in [2.05, 4.69) is 10.6 Å². The van der Waals surface area contributed by atoms with Crippen LogP contribution in [0.1, 0.15) is 19.3 Å². The molecule has 3 N–H and O–H groups in total. The number of anilines is 1. The molecule has 5 nitrogen and oxygen atoms in total. The Bertz CT molecular complexity index is 561. The quantitative estimate of drug-likeness (QED) is 0.803. The summed E-state index contributed by atoms with van der Waals surface area (Å²) >= 11 is 5.79. The predicted octanol–water partition coefficient (Wildman–Crippen LogP) is 2.96. The molecule has 0 aliphatic heterocycles. The lowest BCUT2D eigenvalue weighted by Crippen LogP contribution is -2.48. The zero-order valence-electron chi connectivity index (χ0n) is 11.4. The van der Waals surface area contributed by atoms with E-state index in [0.717, 1.165) is 19.3 Å². The first-order valence-electron chi connectivity index (χ1n) is 7.10. The zero-order chi connectivity index (χ0) is 15.0. The molecule has 1 aromatic carbocycles. The van der Waals surface area contributed by atoms with Crippen molar-refractivity contribution >= 4 is 29.3 Å². The van der Waals surface area contributed by atoms with Crippen LogP contribution < -0.4 is 10.6 Å². The first-order chi connectivity index (χ1) is 10.0. The van der Waals surface area contributed by atoms with E-state index >= 15 is 0 Å². The molecule has 1 aromatic rings. The van der Waals surface area contributed by atoms with Crippen LogP contribution in [-0.2, 0) is 4.79 Å². The fourth-order valence-corrected chi connectivity index (χ4v) is 3.83. The topological polar surface area (TPSA) is 78.4 Å². The second-order valence-electron chi connectivity index (χ2n) is 5.83. The van der Waals surface area contributed by atoms with Crippen LogP contribution in [0, 0.1) is 17.8 Å². The SMILES string of the molecule is O=C(Nc1ccc(Cl)cc1)NC1C2CCC(C2)C1C(=O)O. The summed E-state index contributed by atoms with van der Waals surface area (Å²) in [5.74, 6) is -0.779. The van der Waals surface area contributed by atoms with Gasteiger partial charge in [-0.1, -0.05) is 11.6 Å². The molecule has 0 aromatic heterocycles. The van der Waals surface area contributed by atoms with Crippen LogP contribution in [0.25, 0.3) is 0 Å². The van der Waals surface area contributed by atoms with Crippen molar-refractivity contribution in [2.24, 2.45) is 17.8 Å². The summed E-state index contributed by atoms with van der Waals surface area (Å²) in [4.78, 5) is 23.4. The number of fused-ring (bicyclic) bond motifs is 2. The van der Waals surface area contributed by atoms with Gasteiger partial charge in [0.05, 0.1) is 5.92 Å². The average molecular weight is 309 g/mol. The van der Waals surface area contributed by atoms with E-state index in [1.54, 1.807) is 24.3 Å². The molecule has 2 saturated carbocycles. The molecule has 3 rings (SSSR count). The van der Waals surface area contributed by atoms with E-state index in [9.17, 15) is 14.7 Å². The summed E-state index contributed by atoms with van der Waals surface area (Å²) < 4.78 is 0. The molecule has 0 spiro atoms. The Kier molecular flexibility index (Phi) is 3.76. The van der Waals surface area contributed by atoms with Crippen molar-refractivity contribution in [1.82, 2.24) is 5.32 Å². The van der Waals surface area contributed by atoms with Crippen LogP contribution >= 0.6 is 11.6 Å². The lowest BCUT2D eigenvalue weighted by molar-refractivity contribution is -0.144. The van der Waals surface area contributed by atoms with Gasteiger partial charge in [0, 0.05) is 16.8 Å². The second kappa shape index (κ2) is 5.56. The maximum absolute atomic E-state index is 12.0. The number of rotatable bonds is 3. The van der Waals surface area contributed by atoms with Gasteiger partial charge < -0.3 is 15.7 Å². The molecule has 21 heavy (non-hydrogen) atoms. The number of carbonyl (C=O) groups excluding carboxylic acids is 1. The Morgan fingerprint density at radius 2 is 1.81 bits per heavy atom.